The second-order valence-corrected chi connectivity index (χ2v) is 16.4. The summed E-state index contributed by atoms with van der Waals surface area (Å²) in [7, 11) is 2.36. The average molecular weight is 570 g/mol. The SMILES string of the molecule is CN=CCCCCNCCCCCCCCCCCCNCCCCCNCCCNCCC[Si](C)(C)OC. The molecule has 7 heteroatoms. The van der Waals surface area contributed by atoms with E-state index >= 15 is 0 Å². The van der Waals surface area contributed by atoms with E-state index < -0.39 is 8.32 Å². The molecule has 0 aliphatic rings. The van der Waals surface area contributed by atoms with E-state index in [0.29, 0.717) is 0 Å². The zero-order valence-corrected chi connectivity index (χ0v) is 28.0. The first-order valence-corrected chi connectivity index (χ1v) is 20.0. The van der Waals surface area contributed by atoms with Gasteiger partial charge in [-0.2, -0.15) is 0 Å². The third-order valence-electron chi connectivity index (χ3n) is 7.68. The van der Waals surface area contributed by atoms with E-state index in [1.54, 1.807) is 0 Å². The van der Waals surface area contributed by atoms with E-state index in [9.17, 15) is 0 Å². The Hall–Kier alpha value is -0.313. The van der Waals surface area contributed by atoms with Crippen LogP contribution in [0.4, 0.5) is 0 Å². The Morgan fingerprint density at radius 3 is 1.23 bits per heavy atom. The highest BCUT2D eigenvalue weighted by atomic mass is 28.4. The molecule has 0 rings (SSSR count). The molecule has 39 heavy (non-hydrogen) atoms. The molecule has 0 heterocycles. The quantitative estimate of drug-likeness (QED) is 0.0392. The van der Waals surface area contributed by atoms with Crippen LogP contribution < -0.4 is 21.3 Å². The standard InChI is InChI=1S/C32H71N5OSi/c1-33-23-15-13-18-26-34-24-16-11-9-7-5-6-8-10-12-17-25-35-27-19-14-20-28-36-29-21-30-37-31-22-32-39(3,4)38-2/h23,34-37H,5-22,24-32H2,1-4H3. The van der Waals surface area contributed by atoms with Gasteiger partial charge >= 0.3 is 0 Å². The van der Waals surface area contributed by atoms with Crippen LogP contribution in [-0.2, 0) is 4.43 Å². The number of nitrogens with one attached hydrogen (secondary N) is 4. The number of aliphatic imine (C=N–C) groups is 1. The van der Waals surface area contributed by atoms with E-state index in [2.05, 4.69) is 39.4 Å². The molecule has 0 unspecified atom stereocenters. The molecular weight excluding hydrogens is 498 g/mol. The van der Waals surface area contributed by atoms with E-state index in [1.165, 1.54) is 148 Å². The van der Waals surface area contributed by atoms with Gasteiger partial charge in [0.25, 0.3) is 0 Å². The summed E-state index contributed by atoms with van der Waals surface area (Å²) in [5.74, 6) is 0. The van der Waals surface area contributed by atoms with E-state index in [1.807, 2.05) is 20.4 Å². The molecular formula is C32H71N5OSi. The monoisotopic (exact) mass is 570 g/mol. The van der Waals surface area contributed by atoms with Crippen molar-refractivity contribution >= 4 is 14.5 Å². The number of hydrogen-bond acceptors (Lipinski definition) is 6. The first-order valence-electron chi connectivity index (χ1n) is 16.9. The summed E-state index contributed by atoms with van der Waals surface area (Å²) in [4.78, 5) is 4.03. The van der Waals surface area contributed by atoms with Crippen LogP contribution in [0.2, 0.25) is 19.1 Å². The third-order valence-corrected chi connectivity index (χ3v) is 10.3. The van der Waals surface area contributed by atoms with Gasteiger partial charge in [0.1, 0.15) is 0 Å². The topological polar surface area (TPSA) is 69.7 Å². The first-order chi connectivity index (χ1) is 19.1. The van der Waals surface area contributed by atoms with Crippen LogP contribution in [0.5, 0.6) is 0 Å². The highest BCUT2D eigenvalue weighted by molar-refractivity contribution is 6.71. The van der Waals surface area contributed by atoms with E-state index in [-0.39, 0.29) is 0 Å². The molecule has 0 amide bonds. The summed E-state index contributed by atoms with van der Waals surface area (Å²) in [5.41, 5.74) is 0. The summed E-state index contributed by atoms with van der Waals surface area (Å²) >= 11 is 0. The van der Waals surface area contributed by atoms with E-state index in [4.69, 9.17) is 4.43 Å². The molecule has 234 valence electrons. The number of hydrogen-bond donors (Lipinski definition) is 4. The van der Waals surface area contributed by atoms with Crippen molar-refractivity contribution < 1.29 is 4.43 Å². The molecule has 0 aromatic rings. The van der Waals surface area contributed by atoms with Crippen molar-refractivity contribution in [2.45, 2.75) is 135 Å². The van der Waals surface area contributed by atoms with Crippen molar-refractivity contribution in [2.75, 3.05) is 66.5 Å². The lowest BCUT2D eigenvalue weighted by molar-refractivity contribution is 0.401. The molecule has 0 aromatic heterocycles. The Balaban J connectivity index is 3.07. The molecule has 0 radical (unpaired) electrons. The smallest absolute Gasteiger partial charge is 0.186 e. The van der Waals surface area contributed by atoms with Gasteiger partial charge in [0.15, 0.2) is 8.32 Å². The Bertz CT molecular complexity index is 493. The molecule has 0 saturated carbocycles. The fourth-order valence-corrected chi connectivity index (χ4v) is 6.02. The van der Waals surface area contributed by atoms with Gasteiger partial charge in [0, 0.05) is 14.2 Å². The number of nitrogens with zero attached hydrogens (tertiary/aromatic N) is 1. The first kappa shape index (κ1) is 38.7. The molecule has 0 aromatic carbocycles. The van der Waals surface area contributed by atoms with Crippen molar-refractivity contribution in [1.29, 1.82) is 0 Å². The van der Waals surface area contributed by atoms with Crippen molar-refractivity contribution in [3.63, 3.8) is 0 Å². The Labute approximate surface area is 246 Å². The highest BCUT2D eigenvalue weighted by Gasteiger charge is 2.19. The molecule has 0 aliphatic carbocycles. The lowest BCUT2D eigenvalue weighted by atomic mass is 10.1. The van der Waals surface area contributed by atoms with Gasteiger partial charge in [-0.1, -0.05) is 57.8 Å². The molecule has 0 aliphatic heterocycles. The molecule has 6 nitrogen and oxygen atoms in total. The molecule has 0 saturated heterocycles. The van der Waals surface area contributed by atoms with Crippen molar-refractivity contribution in [2.24, 2.45) is 4.99 Å². The lowest BCUT2D eigenvalue weighted by Gasteiger charge is -2.19. The maximum atomic E-state index is 5.60. The lowest BCUT2D eigenvalue weighted by Crippen LogP contribution is -2.30. The summed E-state index contributed by atoms with van der Waals surface area (Å²) in [5, 5.41) is 14.4. The Morgan fingerprint density at radius 2 is 0.821 bits per heavy atom. The second-order valence-electron chi connectivity index (χ2n) is 12.0. The van der Waals surface area contributed by atoms with Crippen molar-refractivity contribution in [3.8, 4) is 0 Å². The minimum atomic E-state index is -1.36. The molecule has 4 N–H and O–H groups in total. The maximum absolute atomic E-state index is 5.60. The zero-order valence-electron chi connectivity index (χ0n) is 27.0. The zero-order chi connectivity index (χ0) is 28.5. The predicted octanol–water partition coefficient (Wildman–Crippen LogP) is 6.92. The summed E-state index contributed by atoms with van der Waals surface area (Å²) in [6, 6.07) is 1.25. The molecule has 0 spiro atoms. The Kier molecular flexibility index (Phi) is 31.9. The van der Waals surface area contributed by atoms with Crippen LogP contribution in [0, 0.1) is 0 Å². The van der Waals surface area contributed by atoms with E-state index in [0.717, 1.165) is 26.1 Å². The van der Waals surface area contributed by atoms with Gasteiger partial charge in [-0.25, -0.2) is 0 Å². The number of unbranched alkanes of at least 4 members (excludes halogenated alkanes) is 13. The summed E-state index contributed by atoms with van der Waals surface area (Å²) < 4.78 is 5.60. The van der Waals surface area contributed by atoms with Crippen molar-refractivity contribution in [1.82, 2.24) is 21.3 Å². The minimum absolute atomic E-state index is 1.13. The van der Waals surface area contributed by atoms with Gasteiger partial charge in [0.05, 0.1) is 0 Å². The van der Waals surface area contributed by atoms with Crippen LogP contribution in [-0.4, -0.2) is 81.0 Å². The molecule has 0 atom stereocenters. The predicted molar refractivity (Wildman–Crippen MR) is 178 cm³/mol. The van der Waals surface area contributed by atoms with Crippen LogP contribution in [0.25, 0.3) is 0 Å². The number of rotatable bonds is 33. The van der Waals surface area contributed by atoms with Gasteiger partial charge in [-0.05, 0) is 135 Å². The van der Waals surface area contributed by atoms with Crippen LogP contribution >= 0.6 is 0 Å². The second kappa shape index (κ2) is 32.2. The fraction of sp³-hybridized carbons (Fsp3) is 0.969. The van der Waals surface area contributed by atoms with Gasteiger partial charge in [-0.3, -0.25) is 0 Å². The largest absolute Gasteiger partial charge is 0.420 e. The third kappa shape index (κ3) is 33.8. The van der Waals surface area contributed by atoms with Crippen LogP contribution in [0.15, 0.2) is 4.99 Å². The summed E-state index contributed by atoms with van der Waals surface area (Å²) in [6.45, 7) is 13.9. The fourth-order valence-electron chi connectivity index (χ4n) is 4.79. The van der Waals surface area contributed by atoms with Gasteiger partial charge in [-0.15, -0.1) is 0 Å². The maximum Gasteiger partial charge on any atom is 0.186 e. The van der Waals surface area contributed by atoms with Crippen LogP contribution in [0.3, 0.4) is 0 Å². The molecule has 0 bridgehead atoms. The highest BCUT2D eigenvalue weighted by Crippen LogP contribution is 2.11. The van der Waals surface area contributed by atoms with Crippen LogP contribution in [0.1, 0.15) is 116 Å². The summed E-state index contributed by atoms with van der Waals surface area (Å²) in [6.07, 6.45) is 26.2. The van der Waals surface area contributed by atoms with Gasteiger partial charge in [0.2, 0.25) is 0 Å². The Morgan fingerprint density at radius 1 is 0.487 bits per heavy atom. The normalized spacial score (nSPS) is 12.2. The van der Waals surface area contributed by atoms with Crippen molar-refractivity contribution in [3.05, 3.63) is 0 Å². The van der Waals surface area contributed by atoms with Gasteiger partial charge < -0.3 is 30.7 Å². The average Bonchev–Trinajstić information content (AvgIpc) is 2.93. The minimum Gasteiger partial charge on any atom is -0.420 e. The molecule has 0 fully saturated rings.